The summed E-state index contributed by atoms with van der Waals surface area (Å²) >= 11 is 1.13. The van der Waals surface area contributed by atoms with Crippen LogP contribution in [0.25, 0.3) is 0 Å². The van der Waals surface area contributed by atoms with E-state index in [0.717, 1.165) is 27.0 Å². The van der Waals surface area contributed by atoms with E-state index in [4.69, 9.17) is 0 Å². The molecule has 1 amide bonds. The van der Waals surface area contributed by atoms with Crippen molar-refractivity contribution in [1.82, 2.24) is 13.9 Å². The van der Waals surface area contributed by atoms with Crippen LogP contribution in [0.4, 0.5) is 5.69 Å². The molecule has 2 heterocycles. The standard InChI is InChI=1S/C18H20N4O3S2/c1-14-19-9-10-22(14)12-15-5-7-16(8-6-15)20-17(23)13-21(2)27(24,25)18-4-3-11-26-18/h3-11H,12-13H2,1-2H3,(H,20,23). The SMILES string of the molecule is Cc1nccn1Cc1ccc(NC(=O)CN(C)S(=O)(=O)c2cccs2)cc1. The van der Waals surface area contributed by atoms with Gasteiger partial charge >= 0.3 is 0 Å². The van der Waals surface area contributed by atoms with Crippen LogP contribution < -0.4 is 5.32 Å². The van der Waals surface area contributed by atoms with E-state index >= 15 is 0 Å². The molecule has 0 spiro atoms. The number of sulfonamides is 1. The van der Waals surface area contributed by atoms with Gasteiger partial charge in [-0.2, -0.15) is 4.31 Å². The van der Waals surface area contributed by atoms with Crippen LogP contribution in [0, 0.1) is 6.92 Å². The number of nitrogens with one attached hydrogen (secondary N) is 1. The molecule has 0 atom stereocenters. The maximum atomic E-state index is 12.4. The number of aromatic nitrogens is 2. The van der Waals surface area contributed by atoms with Crippen molar-refractivity contribution in [3.05, 3.63) is 65.6 Å². The fourth-order valence-corrected chi connectivity index (χ4v) is 4.84. The Hall–Kier alpha value is -2.49. The van der Waals surface area contributed by atoms with Gasteiger partial charge in [0.25, 0.3) is 10.0 Å². The van der Waals surface area contributed by atoms with Gasteiger partial charge in [0.15, 0.2) is 0 Å². The lowest BCUT2D eigenvalue weighted by molar-refractivity contribution is -0.116. The summed E-state index contributed by atoms with van der Waals surface area (Å²) in [7, 11) is -2.25. The van der Waals surface area contributed by atoms with E-state index in [1.165, 1.54) is 13.1 Å². The number of carbonyl (C=O) groups is 1. The van der Waals surface area contributed by atoms with Crippen molar-refractivity contribution >= 4 is 33.0 Å². The second kappa shape index (κ2) is 8.03. The van der Waals surface area contributed by atoms with E-state index in [1.54, 1.807) is 29.8 Å². The second-order valence-corrected chi connectivity index (χ2v) is 9.26. The Balaban J connectivity index is 1.58. The number of imidazole rings is 1. The maximum absolute atomic E-state index is 12.4. The van der Waals surface area contributed by atoms with Gasteiger partial charge in [0.2, 0.25) is 5.91 Å². The highest BCUT2D eigenvalue weighted by Crippen LogP contribution is 2.19. The Morgan fingerprint density at radius 1 is 1.26 bits per heavy atom. The minimum atomic E-state index is -3.64. The average Bonchev–Trinajstić information content (AvgIpc) is 3.29. The molecule has 0 saturated carbocycles. The number of carbonyl (C=O) groups excluding carboxylic acids is 1. The molecule has 142 valence electrons. The molecule has 7 nitrogen and oxygen atoms in total. The highest BCUT2D eigenvalue weighted by atomic mass is 32.2. The first-order valence-corrected chi connectivity index (χ1v) is 10.5. The Morgan fingerprint density at radius 2 is 2.00 bits per heavy atom. The fraction of sp³-hybridized carbons (Fsp3) is 0.222. The minimum Gasteiger partial charge on any atom is -0.331 e. The monoisotopic (exact) mass is 404 g/mol. The van der Waals surface area contributed by atoms with E-state index in [-0.39, 0.29) is 10.8 Å². The van der Waals surface area contributed by atoms with Crippen LogP contribution in [0.1, 0.15) is 11.4 Å². The summed E-state index contributed by atoms with van der Waals surface area (Å²) in [5.74, 6) is 0.540. The first-order chi connectivity index (χ1) is 12.9. The zero-order chi connectivity index (χ0) is 19.4. The number of likely N-dealkylation sites (N-methyl/N-ethyl adjacent to an activating group) is 1. The normalized spacial score (nSPS) is 11.7. The number of amides is 1. The molecule has 0 radical (unpaired) electrons. The summed E-state index contributed by atoms with van der Waals surface area (Å²) in [5.41, 5.74) is 1.69. The van der Waals surface area contributed by atoms with E-state index in [1.807, 2.05) is 29.8 Å². The summed E-state index contributed by atoms with van der Waals surface area (Å²) in [4.78, 5) is 16.4. The highest BCUT2D eigenvalue weighted by molar-refractivity contribution is 7.91. The highest BCUT2D eigenvalue weighted by Gasteiger charge is 2.23. The van der Waals surface area contributed by atoms with Gasteiger partial charge in [-0.3, -0.25) is 4.79 Å². The van der Waals surface area contributed by atoms with Crippen LogP contribution in [-0.2, 0) is 21.4 Å². The van der Waals surface area contributed by atoms with Gasteiger partial charge in [-0.05, 0) is 36.1 Å². The Bertz CT molecular complexity index is 1010. The molecular formula is C18H20N4O3S2. The van der Waals surface area contributed by atoms with Gasteiger partial charge in [-0.15, -0.1) is 11.3 Å². The van der Waals surface area contributed by atoms with Gasteiger partial charge in [-0.1, -0.05) is 18.2 Å². The summed E-state index contributed by atoms with van der Waals surface area (Å²) in [6.45, 7) is 2.38. The van der Waals surface area contributed by atoms with Gasteiger partial charge in [0.05, 0.1) is 6.54 Å². The first kappa shape index (κ1) is 19.3. The van der Waals surface area contributed by atoms with Crippen molar-refractivity contribution in [2.24, 2.45) is 0 Å². The summed E-state index contributed by atoms with van der Waals surface area (Å²) in [6, 6.07) is 10.6. The molecule has 0 aliphatic carbocycles. The number of aryl methyl sites for hydroxylation is 1. The molecule has 0 aliphatic rings. The summed E-state index contributed by atoms with van der Waals surface area (Å²) in [6.07, 6.45) is 3.67. The lowest BCUT2D eigenvalue weighted by atomic mass is 10.2. The summed E-state index contributed by atoms with van der Waals surface area (Å²) < 4.78 is 28.0. The van der Waals surface area contributed by atoms with Crippen LogP contribution in [0.15, 0.2) is 58.4 Å². The van der Waals surface area contributed by atoms with Crippen LogP contribution in [-0.4, -0.2) is 41.8 Å². The molecule has 0 fully saturated rings. The van der Waals surface area contributed by atoms with Crippen molar-refractivity contribution in [3.8, 4) is 0 Å². The van der Waals surface area contributed by atoms with Crippen molar-refractivity contribution in [3.63, 3.8) is 0 Å². The molecule has 9 heteroatoms. The van der Waals surface area contributed by atoms with Crippen molar-refractivity contribution in [1.29, 1.82) is 0 Å². The maximum Gasteiger partial charge on any atom is 0.252 e. The second-order valence-electron chi connectivity index (χ2n) is 6.04. The van der Waals surface area contributed by atoms with Crippen LogP contribution >= 0.6 is 11.3 Å². The van der Waals surface area contributed by atoms with Gasteiger partial charge < -0.3 is 9.88 Å². The third-order valence-electron chi connectivity index (χ3n) is 4.04. The van der Waals surface area contributed by atoms with Crippen molar-refractivity contribution in [2.45, 2.75) is 17.7 Å². The smallest absolute Gasteiger partial charge is 0.252 e. The third-order valence-corrected chi connectivity index (χ3v) is 7.22. The Labute approximate surface area is 162 Å². The van der Waals surface area contributed by atoms with Gasteiger partial charge in [0.1, 0.15) is 10.0 Å². The lowest BCUT2D eigenvalue weighted by Crippen LogP contribution is -2.34. The average molecular weight is 405 g/mol. The molecule has 2 aromatic heterocycles. The lowest BCUT2D eigenvalue weighted by Gasteiger charge is -2.15. The molecule has 0 bridgehead atoms. The number of nitrogens with zero attached hydrogens (tertiary/aromatic N) is 3. The molecule has 1 N–H and O–H groups in total. The Kier molecular flexibility index (Phi) is 5.73. The largest absolute Gasteiger partial charge is 0.331 e. The number of anilines is 1. The van der Waals surface area contributed by atoms with E-state index in [2.05, 4.69) is 10.3 Å². The number of hydrogen-bond acceptors (Lipinski definition) is 5. The quantitative estimate of drug-likeness (QED) is 0.656. The molecule has 3 aromatic rings. The van der Waals surface area contributed by atoms with Gasteiger partial charge in [-0.25, -0.2) is 13.4 Å². The third kappa shape index (κ3) is 4.62. The number of rotatable bonds is 7. The van der Waals surface area contributed by atoms with E-state index < -0.39 is 15.9 Å². The number of hydrogen-bond donors (Lipinski definition) is 1. The van der Waals surface area contributed by atoms with Crippen LogP contribution in [0.3, 0.4) is 0 Å². The fourth-order valence-electron chi connectivity index (χ4n) is 2.51. The van der Waals surface area contributed by atoms with E-state index in [9.17, 15) is 13.2 Å². The predicted octanol–water partition coefficient (Wildman–Crippen LogP) is 2.56. The number of thiophene rings is 1. The van der Waals surface area contributed by atoms with Crippen molar-refractivity contribution < 1.29 is 13.2 Å². The minimum absolute atomic E-state index is 0.219. The molecule has 0 aliphatic heterocycles. The van der Waals surface area contributed by atoms with E-state index in [0.29, 0.717) is 12.2 Å². The topological polar surface area (TPSA) is 84.3 Å². The Morgan fingerprint density at radius 3 is 2.59 bits per heavy atom. The summed E-state index contributed by atoms with van der Waals surface area (Å²) in [5, 5.41) is 4.42. The van der Waals surface area contributed by atoms with Crippen LogP contribution in [0.2, 0.25) is 0 Å². The predicted molar refractivity (Wildman–Crippen MR) is 105 cm³/mol. The molecular weight excluding hydrogens is 384 g/mol. The molecule has 0 saturated heterocycles. The van der Waals surface area contributed by atoms with Gasteiger partial charge in [0, 0.05) is 31.7 Å². The zero-order valence-electron chi connectivity index (χ0n) is 15.0. The first-order valence-electron chi connectivity index (χ1n) is 8.22. The number of benzene rings is 1. The van der Waals surface area contributed by atoms with Crippen LogP contribution in [0.5, 0.6) is 0 Å². The zero-order valence-corrected chi connectivity index (χ0v) is 16.6. The molecule has 3 rings (SSSR count). The molecule has 27 heavy (non-hydrogen) atoms. The van der Waals surface area contributed by atoms with Crippen molar-refractivity contribution in [2.75, 3.05) is 18.9 Å². The molecule has 0 unspecified atom stereocenters. The molecule has 1 aromatic carbocycles.